The molecule has 1 heterocycles. The number of ketones is 3. The van der Waals surface area contributed by atoms with E-state index in [0.717, 1.165) is 0 Å². The largest absolute Gasteiger partial charge is 0.507 e. The molecule has 2 aromatic carbocycles. The van der Waals surface area contributed by atoms with Gasteiger partial charge in [0, 0.05) is 42.0 Å². The van der Waals surface area contributed by atoms with Crippen LogP contribution in [0.2, 0.25) is 0 Å². The van der Waals surface area contributed by atoms with Crippen molar-refractivity contribution in [3.05, 3.63) is 51.6 Å². The lowest BCUT2D eigenvalue weighted by Crippen LogP contribution is -2.46. The predicted molar refractivity (Wildman–Crippen MR) is 129 cm³/mol. The zero-order chi connectivity index (χ0) is 26.8. The highest BCUT2D eigenvalue weighted by atomic mass is 16.7. The molecule has 0 radical (unpaired) electrons. The van der Waals surface area contributed by atoms with E-state index < -0.39 is 52.4 Å². The number of phenolic OH excluding ortho intramolecular Hbond substituents is 2. The number of hydrogen-bond acceptors (Lipinski definition) is 10. The molecule has 10 heteroatoms. The third-order valence-corrected chi connectivity index (χ3v) is 7.56. The molecule has 0 bridgehead atoms. The van der Waals surface area contributed by atoms with Crippen molar-refractivity contribution in [2.75, 3.05) is 7.11 Å². The smallest absolute Gasteiger partial charge is 0.202 e. The molecule has 0 saturated carbocycles. The number of rotatable bonds is 4. The number of fused-ring (bicyclic) bond motifs is 3. The maximum atomic E-state index is 13.6. The van der Waals surface area contributed by atoms with Crippen LogP contribution in [-0.4, -0.2) is 63.8 Å². The number of aliphatic hydroxyl groups is 1. The van der Waals surface area contributed by atoms with E-state index in [2.05, 4.69) is 0 Å². The van der Waals surface area contributed by atoms with Crippen molar-refractivity contribution in [1.82, 2.24) is 0 Å². The van der Waals surface area contributed by atoms with E-state index in [4.69, 9.17) is 19.9 Å². The van der Waals surface area contributed by atoms with E-state index in [1.807, 2.05) is 6.92 Å². The van der Waals surface area contributed by atoms with Gasteiger partial charge in [0.25, 0.3) is 0 Å². The van der Waals surface area contributed by atoms with Gasteiger partial charge in [-0.15, -0.1) is 0 Å². The molecule has 0 aromatic heterocycles. The Kier molecular flexibility index (Phi) is 6.11. The van der Waals surface area contributed by atoms with Gasteiger partial charge < -0.3 is 35.3 Å². The second-order valence-electron chi connectivity index (χ2n) is 10.1. The molecule has 2 aromatic rings. The van der Waals surface area contributed by atoms with Crippen LogP contribution in [0.15, 0.2) is 18.2 Å². The van der Waals surface area contributed by atoms with Crippen molar-refractivity contribution >= 4 is 17.3 Å². The number of carbonyl (C=O) groups excluding carboxylic acids is 3. The van der Waals surface area contributed by atoms with Crippen LogP contribution in [0, 0.1) is 0 Å². The number of hydrogen-bond donors (Lipinski definition) is 4. The summed E-state index contributed by atoms with van der Waals surface area (Å²) in [6.45, 7) is 3.05. The van der Waals surface area contributed by atoms with Gasteiger partial charge in [-0.25, -0.2) is 0 Å². The van der Waals surface area contributed by atoms with E-state index in [0.29, 0.717) is 12.8 Å². The van der Waals surface area contributed by atoms with Crippen LogP contribution in [0.4, 0.5) is 0 Å². The lowest BCUT2D eigenvalue weighted by Gasteiger charge is -2.41. The van der Waals surface area contributed by atoms with Crippen LogP contribution in [0.3, 0.4) is 0 Å². The number of carbonyl (C=O) groups is 3. The molecule has 3 aliphatic rings. The SMILES string of the molecule is COc1cccc2c1C(=O)c1c(O)c3c(c(O)c1C2=O)C[C@@](O)(C(C)=O)CC3O[C@H]1C[C@H](N)C[C@H](C)O1. The van der Waals surface area contributed by atoms with Crippen LogP contribution in [0.1, 0.15) is 82.2 Å². The van der Waals surface area contributed by atoms with Crippen LogP contribution < -0.4 is 10.5 Å². The van der Waals surface area contributed by atoms with Gasteiger partial charge in [0.15, 0.2) is 17.9 Å². The Bertz CT molecular complexity index is 1330. The highest BCUT2D eigenvalue weighted by molar-refractivity contribution is 6.31. The van der Waals surface area contributed by atoms with Crippen molar-refractivity contribution in [2.24, 2.45) is 5.73 Å². The Balaban J connectivity index is 1.70. The van der Waals surface area contributed by atoms with E-state index >= 15 is 0 Å². The predicted octanol–water partition coefficient (Wildman–Crippen LogP) is 2.06. The van der Waals surface area contributed by atoms with Crippen LogP contribution in [0.25, 0.3) is 0 Å². The third-order valence-electron chi connectivity index (χ3n) is 7.56. The summed E-state index contributed by atoms with van der Waals surface area (Å²) in [5.74, 6) is -2.96. The average molecular weight is 512 g/mol. The number of Topliss-reactive ketones (excluding diaryl/α,β-unsaturated/α-hetero) is 1. The summed E-state index contributed by atoms with van der Waals surface area (Å²) in [7, 11) is 1.36. The Hall–Kier alpha value is -3.31. The Morgan fingerprint density at radius 3 is 2.46 bits per heavy atom. The topological polar surface area (TPSA) is 166 Å². The van der Waals surface area contributed by atoms with Crippen molar-refractivity contribution in [1.29, 1.82) is 0 Å². The zero-order valence-corrected chi connectivity index (χ0v) is 20.7. The first kappa shape index (κ1) is 25.3. The van der Waals surface area contributed by atoms with Gasteiger partial charge in [-0.3, -0.25) is 14.4 Å². The van der Waals surface area contributed by atoms with Crippen molar-refractivity contribution in [3.63, 3.8) is 0 Å². The third kappa shape index (κ3) is 3.91. The number of phenols is 2. The molecular formula is C27H29NO9. The van der Waals surface area contributed by atoms with Gasteiger partial charge in [0.1, 0.15) is 22.8 Å². The summed E-state index contributed by atoms with van der Waals surface area (Å²) >= 11 is 0. The van der Waals surface area contributed by atoms with Gasteiger partial charge in [-0.2, -0.15) is 0 Å². The van der Waals surface area contributed by atoms with Gasteiger partial charge >= 0.3 is 0 Å². The number of ether oxygens (including phenoxy) is 3. The Morgan fingerprint density at radius 1 is 1.11 bits per heavy atom. The standard InChI is InChI=1S/C27H29NO9/c1-11-7-13(28)8-18(36-11)37-17-10-27(34,12(2)29)9-15-20(17)26(33)22-21(24(15)31)23(30)14-5-4-6-16(35-3)19(14)25(22)32/h4-6,11,13,17-18,31,33-34H,7-10,28H2,1-3H3/t11-,13+,17?,18-,27-/m0/s1. The summed E-state index contributed by atoms with van der Waals surface area (Å²) in [4.78, 5) is 39.6. The molecule has 1 fully saturated rings. The lowest BCUT2D eigenvalue weighted by molar-refractivity contribution is -0.225. The van der Waals surface area contributed by atoms with Gasteiger partial charge in [0.05, 0.1) is 36.0 Å². The second kappa shape index (κ2) is 8.91. The van der Waals surface area contributed by atoms with E-state index in [1.165, 1.54) is 32.2 Å². The van der Waals surface area contributed by atoms with Gasteiger partial charge in [-0.1, -0.05) is 12.1 Å². The first-order valence-corrected chi connectivity index (χ1v) is 12.1. The molecule has 0 spiro atoms. The van der Waals surface area contributed by atoms with E-state index in [1.54, 1.807) is 0 Å². The monoisotopic (exact) mass is 511 g/mol. The quantitative estimate of drug-likeness (QED) is 0.381. The molecule has 1 unspecified atom stereocenters. The molecule has 10 nitrogen and oxygen atoms in total. The van der Waals surface area contributed by atoms with Crippen LogP contribution >= 0.6 is 0 Å². The fourth-order valence-corrected chi connectivity index (χ4v) is 5.71. The minimum Gasteiger partial charge on any atom is -0.507 e. The van der Waals surface area contributed by atoms with Crippen molar-refractivity contribution in [2.45, 2.75) is 69.7 Å². The Morgan fingerprint density at radius 2 is 1.81 bits per heavy atom. The summed E-state index contributed by atoms with van der Waals surface area (Å²) < 4.78 is 17.3. The minimum atomic E-state index is -1.94. The normalized spacial score (nSPS) is 28.8. The summed E-state index contributed by atoms with van der Waals surface area (Å²) in [6.07, 6.45) is -1.85. The number of aromatic hydroxyl groups is 2. The van der Waals surface area contributed by atoms with Gasteiger partial charge in [-0.05, 0) is 26.3 Å². The second-order valence-corrected chi connectivity index (χ2v) is 10.1. The molecule has 2 aliphatic carbocycles. The number of methoxy groups -OCH3 is 1. The zero-order valence-electron chi connectivity index (χ0n) is 20.7. The van der Waals surface area contributed by atoms with E-state index in [-0.39, 0.29) is 58.6 Å². The molecular weight excluding hydrogens is 482 g/mol. The molecule has 196 valence electrons. The molecule has 5 atom stereocenters. The number of benzene rings is 2. The summed E-state index contributed by atoms with van der Waals surface area (Å²) in [6, 6.07) is 4.28. The fourth-order valence-electron chi connectivity index (χ4n) is 5.71. The highest BCUT2D eigenvalue weighted by Gasteiger charge is 2.49. The molecule has 1 saturated heterocycles. The fraction of sp³-hybridized carbons (Fsp3) is 0.444. The molecule has 5 N–H and O–H groups in total. The van der Waals surface area contributed by atoms with Crippen molar-refractivity contribution < 1.29 is 43.9 Å². The molecule has 5 rings (SSSR count). The molecule has 0 amide bonds. The minimum absolute atomic E-state index is 0.00974. The summed E-state index contributed by atoms with van der Waals surface area (Å²) in [5, 5.41) is 34.0. The van der Waals surface area contributed by atoms with Crippen LogP contribution in [-0.2, 0) is 20.7 Å². The molecule has 1 aliphatic heterocycles. The van der Waals surface area contributed by atoms with Crippen LogP contribution in [0.5, 0.6) is 17.2 Å². The highest BCUT2D eigenvalue weighted by Crippen LogP contribution is 2.52. The van der Waals surface area contributed by atoms with Gasteiger partial charge in [0.2, 0.25) is 5.78 Å². The lowest BCUT2D eigenvalue weighted by atomic mass is 9.72. The average Bonchev–Trinajstić information content (AvgIpc) is 2.83. The Labute approximate surface area is 212 Å². The maximum Gasteiger partial charge on any atom is 0.202 e. The van der Waals surface area contributed by atoms with E-state index in [9.17, 15) is 29.7 Å². The molecule has 37 heavy (non-hydrogen) atoms. The maximum absolute atomic E-state index is 13.6. The summed E-state index contributed by atoms with van der Waals surface area (Å²) in [5.41, 5.74) is 3.38. The first-order chi connectivity index (χ1) is 17.5. The first-order valence-electron chi connectivity index (χ1n) is 12.1. The number of nitrogens with two attached hydrogens (primary N) is 1. The van der Waals surface area contributed by atoms with Crippen molar-refractivity contribution in [3.8, 4) is 17.2 Å².